The standard InChI is InChI=1S/C23H24N4O4S/c28-21(24-13-17-9-6-12-29-17)15-32-23-26-25-22(27(23)16-7-2-1-3-8-16)20-14-30-18-10-4-5-11-19(18)31-20/h1-5,7-8,10-11,17,20H,6,9,12-15H2,(H,24,28)/t17-,20-/m0/s1. The molecule has 32 heavy (non-hydrogen) atoms. The number of ether oxygens (including phenoxy) is 3. The molecule has 5 rings (SSSR count). The summed E-state index contributed by atoms with van der Waals surface area (Å²) in [7, 11) is 0. The molecule has 3 aromatic rings. The molecule has 2 aliphatic heterocycles. The van der Waals surface area contributed by atoms with Crippen molar-refractivity contribution < 1.29 is 19.0 Å². The van der Waals surface area contributed by atoms with Crippen molar-refractivity contribution in [2.24, 2.45) is 0 Å². The topological polar surface area (TPSA) is 87.5 Å². The van der Waals surface area contributed by atoms with E-state index < -0.39 is 6.10 Å². The van der Waals surface area contributed by atoms with Crippen LogP contribution in [0.5, 0.6) is 11.5 Å². The first-order chi connectivity index (χ1) is 15.8. The summed E-state index contributed by atoms with van der Waals surface area (Å²) in [5.74, 6) is 2.21. The van der Waals surface area contributed by atoms with Gasteiger partial charge in [0, 0.05) is 18.8 Å². The largest absolute Gasteiger partial charge is 0.485 e. The normalized spacial score (nSPS) is 19.6. The number of hydrogen-bond donors (Lipinski definition) is 1. The molecule has 1 amide bonds. The van der Waals surface area contributed by atoms with Crippen LogP contribution in [-0.2, 0) is 9.53 Å². The Balaban J connectivity index is 1.33. The zero-order valence-electron chi connectivity index (χ0n) is 17.5. The number of carbonyl (C=O) groups excluding carboxylic acids is 1. The van der Waals surface area contributed by atoms with Crippen molar-refractivity contribution >= 4 is 17.7 Å². The Morgan fingerprint density at radius 2 is 1.91 bits per heavy atom. The minimum absolute atomic E-state index is 0.0548. The molecule has 166 valence electrons. The molecule has 0 saturated carbocycles. The van der Waals surface area contributed by atoms with E-state index in [4.69, 9.17) is 14.2 Å². The highest BCUT2D eigenvalue weighted by molar-refractivity contribution is 7.99. The lowest BCUT2D eigenvalue weighted by Gasteiger charge is -2.26. The van der Waals surface area contributed by atoms with Crippen molar-refractivity contribution in [3.63, 3.8) is 0 Å². The van der Waals surface area contributed by atoms with Gasteiger partial charge in [0.25, 0.3) is 0 Å². The first-order valence-electron chi connectivity index (χ1n) is 10.7. The number of hydrogen-bond acceptors (Lipinski definition) is 7. The highest BCUT2D eigenvalue weighted by Gasteiger charge is 2.29. The average Bonchev–Trinajstić information content (AvgIpc) is 3.52. The number of amides is 1. The van der Waals surface area contributed by atoms with Crippen molar-refractivity contribution in [1.82, 2.24) is 20.1 Å². The summed E-state index contributed by atoms with van der Waals surface area (Å²) in [6.07, 6.45) is 1.75. The molecular weight excluding hydrogens is 428 g/mol. The predicted molar refractivity (Wildman–Crippen MR) is 119 cm³/mol. The number of carbonyl (C=O) groups is 1. The molecule has 1 aromatic heterocycles. The molecule has 2 atom stereocenters. The van der Waals surface area contributed by atoms with Crippen molar-refractivity contribution in [2.45, 2.75) is 30.2 Å². The van der Waals surface area contributed by atoms with Crippen molar-refractivity contribution in [3.05, 3.63) is 60.4 Å². The Morgan fingerprint density at radius 3 is 2.72 bits per heavy atom. The summed E-state index contributed by atoms with van der Waals surface area (Å²) in [6, 6.07) is 17.4. The quantitative estimate of drug-likeness (QED) is 0.551. The van der Waals surface area contributed by atoms with Crippen LogP contribution in [0.4, 0.5) is 0 Å². The van der Waals surface area contributed by atoms with Gasteiger partial charge < -0.3 is 19.5 Å². The second-order valence-corrected chi connectivity index (χ2v) is 8.55. The molecule has 8 nitrogen and oxygen atoms in total. The summed E-state index contributed by atoms with van der Waals surface area (Å²) in [4.78, 5) is 12.4. The molecule has 0 spiro atoms. The van der Waals surface area contributed by atoms with Gasteiger partial charge in [-0.3, -0.25) is 9.36 Å². The number of fused-ring (bicyclic) bond motifs is 1. The van der Waals surface area contributed by atoms with Crippen LogP contribution in [-0.4, -0.2) is 52.3 Å². The molecule has 3 heterocycles. The second kappa shape index (κ2) is 9.62. The minimum atomic E-state index is -0.416. The second-order valence-electron chi connectivity index (χ2n) is 7.60. The number of rotatable bonds is 7. The van der Waals surface area contributed by atoms with Crippen molar-refractivity contribution in [1.29, 1.82) is 0 Å². The number of thioether (sulfide) groups is 1. The lowest BCUT2D eigenvalue weighted by molar-refractivity contribution is -0.119. The van der Waals surface area contributed by atoms with E-state index in [2.05, 4.69) is 15.5 Å². The van der Waals surface area contributed by atoms with E-state index in [0.29, 0.717) is 35.6 Å². The molecule has 0 radical (unpaired) electrons. The summed E-state index contributed by atoms with van der Waals surface area (Å²) in [5.41, 5.74) is 0.900. The average molecular weight is 453 g/mol. The van der Waals surface area contributed by atoms with Gasteiger partial charge in [-0.25, -0.2) is 0 Å². The third kappa shape index (κ3) is 4.58. The van der Waals surface area contributed by atoms with Crippen LogP contribution in [0.25, 0.3) is 5.69 Å². The highest BCUT2D eigenvalue weighted by Crippen LogP contribution is 2.36. The highest BCUT2D eigenvalue weighted by atomic mass is 32.2. The van der Waals surface area contributed by atoms with Crippen LogP contribution in [0.1, 0.15) is 24.8 Å². The predicted octanol–water partition coefficient (Wildman–Crippen LogP) is 3.17. The molecule has 1 N–H and O–H groups in total. The molecule has 1 fully saturated rings. The first kappa shape index (κ1) is 20.8. The lowest BCUT2D eigenvalue weighted by atomic mass is 10.2. The molecule has 0 aliphatic carbocycles. The molecule has 2 aliphatic rings. The van der Waals surface area contributed by atoms with Gasteiger partial charge in [0.15, 0.2) is 28.6 Å². The molecule has 2 aromatic carbocycles. The molecule has 0 bridgehead atoms. The number of nitrogens with one attached hydrogen (secondary N) is 1. The first-order valence-corrected chi connectivity index (χ1v) is 11.7. The van der Waals surface area contributed by atoms with Crippen LogP contribution in [0.15, 0.2) is 59.8 Å². The smallest absolute Gasteiger partial charge is 0.230 e. The third-order valence-electron chi connectivity index (χ3n) is 5.35. The summed E-state index contributed by atoms with van der Waals surface area (Å²) in [6.45, 7) is 1.65. The van der Waals surface area contributed by atoms with Gasteiger partial charge in [-0.05, 0) is 37.1 Å². The van der Waals surface area contributed by atoms with Gasteiger partial charge in [0.05, 0.1) is 11.9 Å². The zero-order valence-corrected chi connectivity index (χ0v) is 18.3. The molecule has 0 unspecified atom stereocenters. The van der Waals surface area contributed by atoms with Gasteiger partial charge in [-0.1, -0.05) is 42.1 Å². The molecule has 9 heteroatoms. The van der Waals surface area contributed by atoms with E-state index >= 15 is 0 Å². The monoisotopic (exact) mass is 452 g/mol. The maximum atomic E-state index is 12.4. The number of nitrogens with zero attached hydrogens (tertiary/aromatic N) is 3. The van der Waals surface area contributed by atoms with Crippen molar-refractivity contribution in [3.8, 4) is 17.2 Å². The minimum Gasteiger partial charge on any atom is -0.485 e. The molecular formula is C23H24N4O4S. The Labute approximate surface area is 190 Å². The fourth-order valence-electron chi connectivity index (χ4n) is 3.76. The summed E-state index contributed by atoms with van der Waals surface area (Å²) >= 11 is 1.34. The Hall–Kier alpha value is -3.04. The van der Waals surface area contributed by atoms with E-state index in [1.54, 1.807) is 0 Å². The van der Waals surface area contributed by atoms with Crippen molar-refractivity contribution in [2.75, 3.05) is 25.5 Å². The van der Waals surface area contributed by atoms with Gasteiger partial charge >= 0.3 is 0 Å². The maximum Gasteiger partial charge on any atom is 0.230 e. The Morgan fingerprint density at radius 1 is 1.09 bits per heavy atom. The van der Waals surface area contributed by atoms with Crippen LogP contribution in [0, 0.1) is 0 Å². The SMILES string of the molecule is O=C(CSc1nnc([C@@H]2COc3ccccc3O2)n1-c1ccccc1)NC[C@@H]1CCCO1. The lowest BCUT2D eigenvalue weighted by Crippen LogP contribution is -2.33. The van der Waals surface area contributed by atoms with E-state index in [1.165, 1.54) is 11.8 Å². The van der Waals surface area contributed by atoms with E-state index in [-0.39, 0.29) is 17.8 Å². The van der Waals surface area contributed by atoms with Gasteiger partial charge in [0.1, 0.15) is 6.61 Å². The summed E-state index contributed by atoms with van der Waals surface area (Å²) < 4.78 is 19.5. The number of para-hydroxylation sites is 3. The van der Waals surface area contributed by atoms with Gasteiger partial charge in [-0.2, -0.15) is 0 Å². The van der Waals surface area contributed by atoms with E-state index in [1.807, 2.05) is 59.2 Å². The molecule has 1 saturated heterocycles. The van der Waals surface area contributed by atoms with Gasteiger partial charge in [0.2, 0.25) is 5.91 Å². The fraction of sp³-hybridized carbons (Fsp3) is 0.348. The van der Waals surface area contributed by atoms with Crippen LogP contribution in [0.3, 0.4) is 0 Å². The summed E-state index contributed by atoms with van der Waals surface area (Å²) in [5, 5.41) is 12.4. The van der Waals surface area contributed by atoms with Gasteiger partial charge in [-0.15, -0.1) is 10.2 Å². The Kier molecular flexibility index (Phi) is 6.27. The van der Waals surface area contributed by atoms with Crippen LogP contribution >= 0.6 is 11.8 Å². The van der Waals surface area contributed by atoms with Crippen LogP contribution in [0.2, 0.25) is 0 Å². The van der Waals surface area contributed by atoms with E-state index in [0.717, 1.165) is 25.1 Å². The fourth-order valence-corrected chi connectivity index (χ4v) is 4.55. The third-order valence-corrected chi connectivity index (χ3v) is 6.28. The zero-order chi connectivity index (χ0) is 21.8. The number of aromatic nitrogens is 3. The van der Waals surface area contributed by atoms with E-state index in [9.17, 15) is 4.79 Å². The maximum absolute atomic E-state index is 12.4. The Bertz CT molecular complexity index is 1070. The van der Waals surface area contributed by atoms with Crippen LogP contribution < -0.4 is 14.8 Å². The number of benzene rings is 2.